The van der Waals surface area contributed by atoms with Crippen molar-refractivity contribution in [3.8, 4) is 0 Å². The van der Waals surface area contributed by atoms with Gasteiger partial charge in [-0.15, -0.1) is 0 Å². The van der Waals surface area contributed by atoms with E-state index in [4.69, 9.17) is 0 Å². The molecule has 9 heavy (non-hydrogen) atoms. The van der Waals surface area contributed by atoms with Crippen LogP contribution in [0.25, 0.3) is 0 Å². The maximum Gasteiger partial charge on any atom is 0.550 e. The minimum absolute atomic E-state index is 0.146. The summed E-state index contributed by atoms with van der Waals surface area (Å²) in [7, 11) is 0. The monoisotopic (exact) mass is 143 g/mol. The Bertz CT molecular complexity index is 152. The van der Waals surface area contributed by atoms with Crippen LogP contribution in [0.5, 0.6) is 0 Å². The van der Waals surface area contributed by atoms with E-state index in [0.717, 1.165) is 0 Å². The molecule has 0 unspecified atom stereocenters. The van der Waals surface area contributed by atoms with Crippen molar-refractivity contribution in [3.63, 3.8) is 0 Å². The van der Waals surface area contributed by atoms with Crippen LogP contribution in [0.4, 0.5) is 0 Å². The molecule has 0 aliphatic heterocycles. The highest BCUT2D eigenvalue weighted by Gasteiger charge is 2.07. The quantitative estimate of drug-likeness (QED) is 0.307. The van der Waals surface area contributed by atoms with Crippen LogP contribution in [0, 0.1) is 0 Å². The standard InChI is InChI=1S/C5H7N2OS/c1-3-4-7-5(6-2)9-8/h3-4H,2H2,1H3/q+1/b4-3-,7-5+. The minimum atomic E-state index is 0.146. The van der Waals surface area contributed by atoms with Crippen molar-refractivity contribution in [2.45, 2.75) is 6.92 Å². The minimum Gasteiger partial charge on any atom is -0.187 e. The molecule has 0 fully saturated rings. The summed E-state index contributed by atoms with van der Waals surface area (Å²) in [6.07, 6.45) is 3.20. The van der Waals surface area contributed by atoms with Crippen LogP contribution in [0.3, 0.4) is 0 Å². The van der Waals surface area contributed by atoms with E-state index in [2.05, 4.69) is 16.7 Å². The second kappa shape index (κ2) is 5.24. The van der Waals surface area contributed by atoms with Crippen molar-refractivity contribution in [1.29, 1.82) is 0 Å². The fourth-order valence-electron chi connectivity index (χ4n) is 0.227. The Kier molecular flexibility index (Phi) is 4.72. The van der Waals surface area contributed by atoms with E-state index in [1.165, 1.54) is 6.20 Å². The van der Waals surface area contributed by atoms with Gasteiger partial charge in [-0.05, 0) is 13.6 Å². The number of amidine groups is 1. The van der Waals surface area contributed by atoms with E-state index < -0.39 is 0 Å². The van der Waals surface area contributed by atoms with Crippen molar-refractivity contribution < 1.29 is 4.21 Å². The number of hydrogen-bond donors (Lipinski definition) is 0. The van der Waals surface area contributed by atoms with Crippen molar-refractivity contribution >= 4 is 23.6 Å². The summed E-state index contributed by atoms with van der Waals surface area (Å²) < 4.78 is 9.99. The molecule has 0 aliphatic rings. The van der Waals surface area contributed by atoms with Gasteiger partial charge in [0.25, 0.3) is 0 Å². The summed E-state index contributed by atoms with van der Waals surface area (Å²) in [5.74, 6) is 0. The first-order chi connectivity index (χ1) is 4.35. The third-order valence-corrected chi connectivity index (χ3v) is 0.927. The second-order valence-electron chi connectivity index (χ2n) is 1.14. The second-order valence-corrected chi connectivity index (χ2v) is 1.67. The van der Waals surface area contributed by atoms with Gasteiger partial charge in [0.05, 0.1) is 0 Å². The molecule has 0 atom stereocenters. The number of nitrogens with zero attached hydrogens (tertiary/aromatic N) is 2. The molecular formula is C5H7N2OS+. The fourth-order valence-corrected chi connectivity index (χ4v) is 0.384. The molecule has 0 saturated heterocycles. The summed E-state index contributed by atoms with van der Waals surface area (Å²) >= 11 is 0.229. The topological polar surface area (TPSA) is 41.8 Å². The first-order valence-electron chi connectivity index (χ1n) is 2.30. The molecule has 0 spiro atoms. The lowest BCUT2D eigenvalue weighted by Crippen LogP contribution is -1.85. The van der Waals surface area contributed by atoms with Gasteiger partial charge in [0.2, 0.25) is 0 Å². The fraction of sp³-hybridized carbons (Fsp3) is 0.200. The Labute approximate surface area is 57.7 Å². The molecule has 0 heterocycles. The van der Waals surface area contributed by atoms with Gasteiger partial charge >= 0.3 is 16.8 Å². The number of rotatable bonds is 1. The summed E-state index contributed by atoms with van der Waals surface area (Å²) in [5.41, 5.74) is 0. The Morgan fingerprint density at radius 1 is 1.78 bits per heavy atom. The average molecular weight is 143 g/mol. The largest absolute Gasteiger partial charge is 0.550 e. The predicted molar refractivity (Wildman–Crippen MR) is 39.8 cm³/mol. The smallest absolute Gasteiger partial charge is 0.187 e. The molecule has 48 valence electrons. The summed E-state index contributed by atoms with van der Waals surface area (Å²) in [6.45, 7) is 4.95. The normalized spacial score (nSPS) is 11.9. The lowest BCUT2D eigenvalue weighted by Gasteiger charge is -1.67. The average Bonchev–Trinajstić information content (AvgIpc) is 1.91. The first kappa shape index (κ1) is 8.10. The molecule has 0 aromatic heterocycles. The third-order valence-electron chi connectivity index (χ3n) is 0.544. The number of hydrogen-bond acceptors (Lipinski definition) is 2. The highest BCUT2D eigenvalue weighted by molar-refractivity contribution is 7.83. The summed E-state index contributed by atoms with van der Waals surface area (Å²) in [6, 6.07) is 0. The van der Waals surface area contributed by atoms with Gasteiger partial charge in [0.15, 0.2) is 0 Å². The molecule has 0 radical (unpaired) electrons. The van der Waals surface area contributed by atoms with Gasteiger partial charge in [0, 0.05) is 10.4 Å². The SMILES string of the molecule is C=N/C(=N\C=C/C)[S+]=O. The lowest BCUT2D eigenvalue weighted by molar-refractivity contribution is 0.609. The molecule has 0 rings (SSSR count). The Hall–Kier alpha value is -0.900. The van der Waals surface area contributed by atoms with Gasteiger partial charge in [-0.25, -0.2) is 0 Å². The molecule has 0 aliphatic carbocycles. The van der Waals surface area contributed by atoms with Crippen LogP contribution in [-0.2, 0) is 15.9 Å². The first-order valence-corrected chi connectivity index (χ1v) is 3.04. The van der Waals surface area contributed by atoms with Crippen molar-refractivity contribution in [2.24, 2.45) is 9.98 Å². The van der Waals surface area contributed by atoms with Crippen LogP contribution in [0.2, 0.25) is 0 Å². The van der Waals surface area contributed by atoms with Crippen molar-refractivity contribution in [3.05, 3.63) is 12.3 Å². The van der Waals surface area contributed by atoms with Gasteiger partial charge < -0.3 is 0 Å². The number of aliphatic imine (C=N–C) groups is 2. The molecule has 3 nitrogen and oxygen atoms in total. The van der Waals surface area contributed by atoms with Crippen molar-refractivity contribution in [2.75, 3.05) is 0 Å². The highest BCUT2D eigenvalue weighted by Crippen LogP contribution is 1.79. The van der Waals surface area contributed by atoms with E-state index in [0.29, 0.717) is 0 Å². The van der Waals surface area contributed by atoms with E-state index in [1.54, 1.807) is 13.0 Å². The van der Waals surface area contributed by atoms with E-state index in [1.807, 2.05) is 0 Å². The molecule has 0 amide bonds. The van der Waals surface area contributed by atoms with Crippen LogP contribution in [-0.4, -0.2) is 11.9 Å². The maximum absolute atomic E-state index is 9.99. The predicted octanol–water partition coefficient (Wildman–Crippen LogP) is 1.00. The molecule has 0 bridgehead atoms. The van der Waals surface area contributed by atoms with Crippen LogP contribution in [0.15, 0.2) is 22.3 Å². The molecular weight excluding hydrogens is 136 g/mol. The molecule has 4 heteroatoms. The van der Waals surface area contributed by atoms with Crippen LogP contribution >= 0.6 is 0 Å². The lowest BCUT2D eigenvalue weighted by atomic mass is 10.7. The number of allylic oxidation sites excluding steroid dienone is 1. The molecule has 0 aromatic carbocycles. The van der Waals surface area contributed by atoms with E-state index in [-0.39, 0.29) is 16.8 Å². The van der Waals surface area contributed by atoms with Crippen LogP contribution < -0.4 is 0 Å². The summed E-state index contributed by atoms with van der Waals surface area (Å²) in [4.78, 5) is 6.98. The molecule has 0 N–H and O–H groups in total. The van der Waals surface area contributed by atoms with Gasteiger partial charge in [-0.2, -0.15) is 9.98 Å². The zero-order chi connectivity index (χ0) is 7.11. The third kappa shape index (κ3) is 3.66. The molecule has 0 saturated carbocycles. The Morgan fingerprint density at radius 3 is 2.78 bits per heavy atom. The zero-order valence-electron chi connectivity index (χ0n) is 5.07. The maximum atomic E-state index is 9.99. The zero-order valence-corrected chi connectivity index (χ0v) is 5.89. The van der Waals surface area contributed by atoms with Gasteiger partial charge in [-0.3, -0.25) is 0 Å². The van der Waals surface area contributed by atoms with Crippen molar-refractivity contribution in [1.82, 2.24) is 0 Å². The Morgan fingerprint density at radius 2 is 2.44 bits per heavy atom. The molecule has 0 aromatic rings. The van der Waals surface area contributed by atoms with E-state index >= 15 is 0 Å². The van der Waals surface area contributed by atoms with Gasteiger partial charge in [0.1, 0.15) is 0 Å². The summed E-state index contributed by atoms with van der Waals surface area (Å²) in [5, 5.41) is 0.146. The van der Waals surface area contributed by atoms with E-state index in [9.17, 15) is 4.21 Å². The highest BCUT2D eigenvalue weighted by atomic mass is 32.1. The van der Waals surface area contributed by atoms with Gasteiger partial charge in [-0.1, -0.05) is 6.08 Å². The Balaban J connectivity index is 4.06. The van der Waals surface area contributed by atoms with Crippen LogP contribution in [0.1, 0.15) is 6.92 Å².